The first-order chi connectivity index (χ1) is 12.5. The summed E-state index contributed by atoms with van der Waals surface area (Å²) in [6, 6.07) is 6.20. The van der Waals surface area contributed by atoms with Crippen molar-refractivity contribution in [3.8, 4) is 11.1 Å². The molecule has 1 N–H and O–H groups in total. The molecule has 2 aromatic heterocycles. The first-order valence-electron chi connectivity index (χ1n) is 8.89. The van der Waals surface area contributed by atoms with Crippen LogP contribution in [0.15, 0.2) is 28.4 Å². The number of aromatic nitrogens is 2. The minimum absolute atomic E-state index is 0.0379. The maximum atomic E-state index is 12.7. The summed E-state index contributed by atoms with van der Waals surface area (Å²) >= 11 is 1.45. The third-order valence-corrected chi connectivity index (χ3v) is 5.96. The minimum atomic E-state index is -0.172. The average molecular weight is 367 g/mol. The molecule has 1 fully saturated rings. The standard InChI is InChI=1S/C20H21N3O2S/c1-12-5-6-14(9-13(12)2)15-11-26-20-18(15)19(25)21-16(22-20)10-17(24)23-7-3-4-8-23/h5-6,9,11H,3-4,7-8,10H2,1-2H3,(H,21,22,25). The largest absolute Gasteiger partial charge is 0.342 e. The van der Waals surface area contributed by atoms with E-state index in [2.05, 4.69) is 35.9 Å². The summed E-state index contributed by atoms with van der Waals surface area (Å²) in [7, 11) is 0. The quantitative estimate of drug-likeness (QED) is 0.771. The van der Waals surface area contributed by atoms with E-state index in [1.807, 2.05) is 16.3 Å². The molecule has 1 aromatic carbocycles. The number of carbonyl (C=O) groups is 1. The van der Waals surface area contributed by atoms with Crippen molar-refractivity contribution >= 4 is 27.5 Å². The van der Waals surface area contributed by atoms with Crippen LogP contribution in [0.5, 0.6) is 0 Å². The molecule has 134 valence electrons. The molecule has 5 nitrogen and oxygen atoms in total. The third-order valence-electron chi connectivity index (χ3n) is 5.09. The van der Waals surface area contributed by atoms with Gasteiger partial charge in [-0.25, -0.2) is 4.98 Å². The highest BCUT2D eigenvalue weighted by Gasteiger charge is 2.20. The molecule has 4 rings (SSSR count). The van der Waals surface area contributed by atoms with E-state index in [9.17, 15) is 9.59 Å². The van der Waals surface area contributed by atoms with Gasteiger partial charge in [0.1, 0.15) is 10.7 Å². The number of H-pyrrole nitrogens is 1. The molecule has 26 heavy (non-hydrogen) atoms. The maximum absolute atomic E-state index is 12.7. The Bertz CT molecular complexity index is 1040. The lowest BCUT2D eigenvalue weighted by atomic mass is 10.0. The van der Waals surface area contributed by atoms with Gasteiger partial charge in [-0.2, -0.15) is 0 Å². The SMILES string of the molecule is Cc1ccc(-c2csc3nc(CC(=O)N4CCCC4)[nH]c(=O)c23)cc1C. The summed E-state index contributed by atoms with van der Waals surface area (Å²) in [6.45, 7) is 5.75. The molecular weight excluding hydrogens is 346 g/mol. The van der Waals surface area contributed by atoms with Crippen molar-refractivity contribution in [1.29, 1.82) is 0 Å². The highest BCUT2D eigenvalue weighted by atomic mass is 32.1. The van der Waals surface area contributed by atoms with Crippen LogP contribution in [-0.2, 0) is 11.2 Å². The Kier molecular flexibility index (Phi) is 4.36. The Hall–Kier alpha value is -2.47. The first-order valence-corrected chi connectivity index (χ1v) is 9.76. The number of aromatic amines is 1. The maximum Gasteiger partial charge on any atom is 0.260 e. The molecule has 1 saturated heterocycles. The number of fused-ring (bicyclic) bond motifs is 1. The van der Waals surface area contributed by atoms with Crippen molar-refractivity contribution in [2.75, 3.05) is 13.1 Å². The number of hydrogen-bond acceptors (Lipinski definition) is 4. The molecule has 0 atom stereocenters. The number of benzene rings is 1. The third kappa shape index (κ3) is 3.05. The Morgan fingerprint density at radius 3 is 2.73 bits per heavy atom. The van der Waals surface area contributed by atoms with E-state index in [0.29, 0.717) is 16.0 Å². The van der Waals surface area contributed by atoms with Crippen LogP contribution in [-0.4, -0.2) is 33.9 Å². The van der Waals surface area contributed by atoms with Crippen molar-refractivity contribution < 1.29 is 4.79 Å². The normalized spacial score (nSPS) is 14.3. The second-order valence-corrected chi connectivity index (χ2v) is 7.76. The lowest BCUT2D eigenvalue weighted by Gasteiger charge is -2.14. The molecule has 1 aliphatic heterocycles. The van der Waals surface area contributed by atoms with Crippen molar-refractivity contribution in [3.63, 3.8) is 0 Å². The van der Waals surface area contributed by atoms with Gasteiger partial charge in [0, 0.05) is 24.0 Å². The van der Waals surface area contributed by atoms with Gasteiger partial charge in [0.15, 0.2) is 0 Å². The van der Waals surface area contributed by atoms with Gasteiger partial charge in [-0.05, 0) is 43.4 Å². The Morgan fingerprint density at radius 2 is 2.00 bits per heavy atom. The van der Waals surface area contributed by atoms with E-state index in [0.717, 1.165) is 37.1 Å². The minimum Gasteiger partial charge on any atom is -0.342 e. The highest BCUT2D eigenvalue weighted by Crippen LogP contribution is 2.31. The monoisotopic (exact) mass is 367 g/mol. The summed E-state index contributed by atoms with van der Waals surface area (Å²) in [5, 5.41) is 2.58. The van der Waals surface area contributed by atoms with Crippen LogP contribution >= 0.6 is 11.3 Å². The molecule has 1 aliphatic rings. The molecule has 0 radical (unpaired) electrons. The van der Waals surface area contributed by atoms with E-state index in [4.69, 9.17) is 0 Å². The lowest BCUT2D eigenvalue weighted by Crippen LogP contribution is -2.30. The van der Waals surface area contributed by atoms with E-state index in [1.165, 1.54) is 22.5 Å². The van der Waals surface area contributed by atoms with E-state index in [1.54, 1.807) is 0 Å². The number of nitrogens with zero attached hydrogens (tertiary/aromatic N) is 2. The number of aryl methyl sites for hydroxylation is 2. The van der Waals surface area contributed by atoms with Gasteiger partial charge in [0.25, 0.3) is 5.56 Å². The molecule has 0 aliphatic carbocycles. The van der Waals surface area contributed by atoms with Crippen LogP contribution < -0.4 is 5.56 Å². The number of amides is 1. The predicted molar refractivity (Wildman–Crippen MR) is 105 cm³/mol. The molecule has 0 bridgehead atoms. The van der Waals surface area contributed by atoms with Crippen molar-refractivity contribution in [1.82, 2.24) is 14.9 Å². The van der Waals surface area contributed by atoms with E-state index in [-0.39, 0.29) is 17.9 Å². The van der Waals surface area contributed by atoms with E-state index >= 15 is 0 Å². The van der Waals surface area contributed by atoms with Gasteiger partial charge in [0.05, 0.1) is 11.8 Å². The fourth-order valence-electron chi connectivity index (χ4n) is 3.42. The second-order valence-electron chi connectivity index (χ2n) is 6.91. The summed E-state index contributed by atoms with van der Waals surface area (Å²) in [4.78, 5) is 34.9. The summed E-state index contributed by atoms with van der Waals surface area (Å²) in [5.74, 6) is 0.490. The van der Waals surface area contributed by atoms with Crippen molar-refractivity contribution in [3.05, 3.63) is 50.9 Å². The van der Waals surface area contributed by atoms with Crippen molar-refractivity contribution in [2.24, 2.45) is 0 Å². The fraction of sp³-hybridized carbons (Fsp3) is 0.350. The van der Waals surface area contributed by atoms with Gasteiger partial charge in [0.2, 0.25) is 5.91 Å². The molecule has 3 heterocycles. The molecule has 3 aromatic rings. The zero-order chi connectivity index (χ0) is 18.3. The fourth-order valence-corrected chi connectivity index (χ4v) is 4.39. The number of thiophene rings is 1. The number of hydrogen-bond donors (Lipinski definition) is 1. The van der Waals surface area contributed by atoms with Gasteiger partial charge in [-0.15, -0.1) is 11.3 Å². The summed E-state index contributed by atoms with van der Waals surface area (Å²) in [5.41, 5.74) is 4.17. The average Bonchev–Trinajstić information content (AvgIpc) is 3.27. The predicted octanol–water partition coefficient (Wildman–Crippen LogP) is 3.43. The molecule has 0 spiro atoms. The van der Waals surface area contributed by atoms with Gasteiger partial charge >= 0.3 is 0 Å². The van der Waals surface area contributed by atoms with E-state index < -0.39 is 0 Å². The second kappa shape index (κ2) is 6.68. The van der Waals surface area contributed by atoms with Gasteiger partial charge in [-0.1, -0.05) is 18.2 Å². The molecule has 0 saturated carbocycles. The number of likely N-dealkylation sites (tertiary alicyclic amines) is 1. The molecule has 1 amide bonds. The van der Waals surface area contributed by atoms with Crippen LogP contribution in [0.25, 0.3) is 21.3 Å². The lowest BCUT2D eigenvalue weighted by molar-refractivity contribution is -0.129. The van der Waals surface area contributed by atoms with Crippen LogP contribution in [0.2, 0.25) is 0 Å². The molecular formula is C20H21N3O2S. The number of carbonyl (C=O) groups excluding carboxylic acids is 1. The zero-order valence-electron chi connectivity index (χ0n) is 15.0. The Balaban J connectivity index is 1.70. The van der Waals surface area contributed by atoms with Crippen LogP contribution in [0.3, 0.4) is 0 Å². The van der Waals surface area contributed by atoms with Crippen LogP contribution in [0, 0.1) is 13.8 Å². The Labute approximate surface area is 155 Å². The topological polar surface area (TPSA) is 66.1 Å². The zero-order valence-corrected chi connectivity index (χ0v) is 15.8. The van der Waals surface area contributed by atoms with Gasteiger partial charge < -0.3 is 9.88 Å². The molecule has 0 unspecified atom stereocenters. The summed E-state index contributed by atoms with van der Waals surface area (Å²) in [6.07, 6.45) is 2.26. The van der Waals surface area contributed by atoms with Crippen LogP contribution in [0.4, 0.5) is 0 Å². The first kappa shape index (κ1) is 17.0. The molecule has 6 heteroatoms. The van der Waals surface area contributed by atoms with Crippen LogP contribution in [0.1, 0.15) is 29.8 Å². The summed E-state index contributed by atoms with van der Waals surface area (Å²) < 4.78 is 0. The van der Waals surface area contributed by atoms with Gasteiger partial charge in [-0.3, -0.25) is 9.59 Å². The van der Waals surface area contributed by atoms with Crippen molar-refractivity contribution in [2.45, 2.75) is 33.1 Å². The number of nitrogens with one attached hydrogen (secondary N) is 1. The number of rotatable bonds is 3. The highest BCUT2D eigenvalue weighted by molar-refractivity contribution is 7.17. The smallest absolute Gasteiger partial charge is 0.260 e. The Morgan fingerprint density at radius 1 is 1.23 bits per heavy atom.